The van der Waals surface area contributed by atoms with Gasteiger partial charge >= 0.3 is 0 Å². The van der Waals surface area contributed by atoms with Gasteiger partial charge in [0.15, 0.2) is 5.78 Å². The molecule has 1 aromatic heterocycles. The minimum atomic E-state index is 0. The first kappa shape index (κ1) is 14.6. The Bertz CT molecular complexity index is 802. The number of carbonyl (C=O) groups is 1. The van der Waals surface area contributed by atoms with Gasteiger partial charge in [0, 0.05) is 23.6 Å². The number of carbonyl (C=O) groups excluding carboxylic acids is 1. The van der Waals surface area contributed by atoms with Crippen LogP contribution in [-0.4, -0.2) is 10.8 Å². The highest BCUT2D eigenvalue weighted by Gasteiger charge is 2.11. The standard InChI is InChI=1S/C20H21NO.H2/c1-3-6-19-18(17-7-4-5-8-20(17)21-19)13-15-9-11-16(12-10-15)14(2)22;/h4-5,7-12,21H,3,6,13H2,1-2H3;1H. The van der Waals surface area contributed by atoms with E-state index in [9.17, 15) is 4.79 Å². The fourth-order valence-electron chi connectivity index (χ4n) is 2.98. The van der Waals surface area contributed by atoms with Gasteiger partial charge in [-0.1, -0.05) is 55.8 Å². The van der Waals surface area contributed by atoms with Gasteiger partial charge in [0.2, 0.25) is 0 Å². The summed E-state index contributed by atoms with van der Waals surface area (Å²) in [5.74, 6) is 0.116. The lowest BCUT2D eigenvalue weighted by Gasteiger charge is -2.05. The summed E-state index contributed by atoms with van der Waals surface area (Å²) in [5.41, 5.74) is 5.94. The normalized spacial score (nSPS) is 11.0. The molecule has 0 spiro atoms. The Morgan fingerprint density at radius 1 is 1.09 bits per heavy atom. The third-order valence-corrected chi connectivity index (χ3v) is 4.14. The molecule has 114 valence electrons. The van der Waals surface area contributed by atoms with E-state index < -0.39 is 0 Å². The first-order valence-electron chi connectivity index (χ1n) is 7.87. The predicted octanol–water partition coefficient (Wildman–Crippen LogP) is 5.16. The molecule has 0 aliphatic carbocycles. The van der Waals surface area contributed by atoms with Gasteiger partial charge in [-0.15, -0.1) is 0 Å². The van der Waals surface area contributed by atoms with Crippen LogP contribution in [0.2, 0.25) is 0 Å². The zero-order valence-corrected chi connectivity index (χ0v) is 13.1. The summed E-state index contributed by atoms with van der Waals surface area (Å²) in [4.78, 5) is 14.9. The van der Waals surface area contributed by atoms with Crippen LogP contribution in [0.15, 0.2) is 48.5 Å². The first-order valence-corrected chi connectivity index (χ1v) is 7.87. The van der Waals surface area contributed by atoms with Gasteiger partial charge in [0.1, 0.15) is 0 Å². The number of benzene rings is 2. The van der Waals surface area contributed by atoms with Crippen LogP contribution in [0.5, 0.6) is 0 Å². The minimum Gasteiger partial charge on any atom is -0.358 e. The molecule has 0 amide bonds. The maximum absolute atomic E-state index is 11.4. The summed E-state index contributed by atoms with van der Waals surface area (Å²) >= 11 is 0. The molecule has 1 heterocycles. The molecule has 0 aliphatic heterocycles. The van der Waals surface area contributed by atoms with E-state index in [4.69, 9.17) is 0 Å². The lowest BCUT2D eigenvalue weighted by atomic mass is 9.99. The zero-order valence-electron chi connectivity index (χ0n) is 13.1. The van der Waals surface area contributed by atoms with Crippen LogP contribution in [0.1, 0.15) is 48.9 Å². The van der Waals surface area contributed by atoms with E-state index >= 15 is 0 Å². The molecule has 0 atom stereocenters. The number of rotatable bonds is 5. The van der Waals surface area contributed by atoms with Crippen molar-refractivity contribution in [2.24, 2.45) is 0 Å². The smallest absolute Gasteiger partial charge is 0.159 e. The molecule has 22 heavy (non-hydrogen) atoms. The summed E-state index contributed by atoms with van der Waals surface area (Å²) in [5, 5.41) is 1.31. The van der Waals surface area contributed by atoms with Crippen LogP contribution in [0.25, 0.3) is 10.9 Å². The second kappa shape index (κ2) is 6.18. The molecule has 3 aromatic rings. The third kappa shape index (κ3) is 2.82. The highest BCUT2D eigenvalue weighted by atomic mass is 16.1. The molecule has 3 rings (SSSR count). The van der Waals surface area contributed by atoms with Gasteiger partial charge in [-0.05, 0) is 37.0 Å². The SMILES string of the molecule is CCCc1[nH]c2ccccc2c1Cc1ccc(C(C)=O)cc1.[HH]. The van der Waals surface area contributed by atoms with Crippen LogP contribution in [0.3, 0.4) is 0 Å². The van der Waals surface area contributed by atoms with Gasteiger partial charge in [0.05, 0.1) is 0 Å². The Balaban J connectivity index is 0.00000192. The molecule has 0 saturated carbocycles. The molecule has 2 heteroatoms. The van der Waals surface area contributed by atoms with Gasteiger partial charge in [-0.3, -0.25) is 4.79 Å². The second-order valence-corrected chi connectivity index (χ2v) is 5.81. The van der Waals surface area contributed by atoms with E-state index in [-0.39, 0.29) is 7.21 Å². The van der Waals surface area contributed by atoms with Crippen molar-refractivity contribution in [1.29, 1.82) is 0 Å². The van der Waals surface area contributed by atoms with Crippen molar-refractivity contribution < 1.29 is 6.22 Å². The van der Waals surface area contributed by atoms with Crippen molar-refractivity contribution in [3.8, 4) is 0 Å². The van der Waals surface area contributed by atoms with Gasteiger partial charge in [-0.25, -0.2) is 0 Å². The number of hydrogen-bond acceptors (Lipinski definition) is 1. The highest BCUT2D eigenvalue weighted by Crippen LogP contribution is 2.26. The number of nitrogens with one attached hydrogen (secondary N) is 1. The predicted molar refractivity (Wildman–Crippen MR) is 93.7 cm³/mol. The van der Waals surface area contributed by atoms with E-state index in [1.54, 1.807) is 6.92 Å². The fourth-order valence-corrected chi connectivity index (χ4v) is 2.98. The molecule has 2 nitrogen and oxygen atoms in total. The van der Waals surface area contributed by atoms with Crippen molar-refractivity contribution >= 4 is 16.7 Å². The summed E-state index contributed by atoms with van der Waals surface area (Å²) in [7, 11) is 0. The maximum Gasteiger partial charge on any atom is 0.159 e. The van der Waals surface area contributed by atoms with Gasteiger partial charge in [0.25, 0.3) is 0 Å². The number of aryl methyl sites for hydroxylation is 1. The lowest BCUT2D eigenvalue weighted by Crippen LogP contribution is -1.96. The van der Waals surface area contributed by atoms with E-state index in [1.807, 2.05) is 12.1 Å². The lowest BCUT2D eigenvalue weighted by molar-refractivity contribution is 0.101. The summed E-state index contributed by atoms with van der Waals surface area (Å²) < 4.78 is 0. The summed E-state index contributed by atoms with van der Waals surface area (Å²) in [6.45, 7) is 3.81. The summed E-state index contributed by atoms with van der Waals surface area (Å²) in [6.07, 6.45) is 3.09. The molecule has 0 saturated heterocycles. The van der Waals surface area contributed by atoms with Crippen molar-refractivity contribution in [1.82, 2.24) is 4.98 Å². The van der Waals surface area contributed by atoms with E-state index in [1.165, 1.54) is 27.7 Å². The molecule has 0 unspecified atom stereocenters. The monoisotopic (exact) mass is 293 g/mol. The average molecular weight is 293 g/mol. The van der Waals surface area contributed by atoms with Crippen molar-refractivity contribution in [2.75, 3.05) is 0 Å². The molecule has 1 N–H and O–H groups in total. The topological polar surface area (TPSA) is 32.9 Å². The highest BCUT2D eigenvalue weighted by molar-refractivity contribution is 5.94. The van der Waals surface area contributed by atoms with Crippen LogP contribution in [-0.2, 0) is 12.8 Å². The molecule has 0 bridgehead atoms. The second-order valence-electron chi connectivity index (χ2n) is 5.81. The van der Waals surface area contributed by atoms with Crippen molar-refractivity contribution in [2.45, 2.75) is 33.1 Å². The largest absolute Gasteiger partial charge is 0.358 e. The van der Waals surface area contributed by atoms with Crippen LogP contribution < -0.4 is 0 Å². The Kier molecular flexibility index (Phi) is 4.10. The Morgan fingerprint density at radius 2 is 1.82 bits per heavy atom. The number of ketones is 1. The zero-order chi connectivity index (χ0) is 15.5. The minimum absolute atomic E-state index is 0. The first-order chi connectivity index (χ1) is 10.7. The average Bonchev–Trinajstić information content (AvgIpc) is 2.86. The molecular formula is C20H23NO. The number of fused-ring (bicyclic) bond motifs is 1. The molecular weight excluding hydrogens is 270 g/mol. The molecule has 0 aliphatic rings. The van der Waals surface area contributed by atoms with Gasteiger partial charge < -0.3 is 4.98 Å². The molecule has 0 fully saturated rings. The van der Waals surface area contributed by atoms with Crippen molar-refractivity contribution in [3.05, 3.63) is 70.9 Å². The number of aromatic nitrogens is 1. The van der Waals surface area contributed by atoms with Crippen molar-refractivity contribution in [3.63, 3.8) is 0 Å². The van der Waals surface area contributed by atoms with E-state index in [2.05, 4.69) is 48.3 Å². The number of hydrogen-bond donors (Lipinski definition) is 1. The fraction of sp³-hybridized carbons (Fsp3) is 0.250. The van der Waals surface area contributed by atoms with E-state index in [0.29, 0.717) is 0 Å². The Labute approximate surface area is 132 Å². The third-order valence-electron chi connectivity index (χ3n) is 4.14. The number of para-hydroxylation sites is 1. The van der Waals surface area contributed by atoms with E-state index in [0.717, 1.165) is 24.8 Å². The van der Waals surface area contributed by atoms with Crippen LogP contribution in [0, 0.1) is 0 Å². The number of Topliss-reactive ketones (excluding diaryl/α,β-unsaturated/α-hetero) is 1. The number of H-pyrrole nitrogens is 1. The van der Waals surface area contributed by atoms with Crippen LogP contribution in [0.4, 0.5) is 0 Å². The molecule has 0 radical (unpaired) electrons. The van der Waals surface area contributed by atoms with Gasteiger partial charge in [-0.2, -0.15) is 0 Å². The molecule has 2 aromatic carbocycles. The Morgan fingerprint density at radius 3 is 2.50 bits per heavy atom. The Hall–Kier alpha value is -2.35. The summed E-state index contributed by atoms with van der Waals surface area (Å²) in [6, 6.07) is 16.5. The maximum atomic E-state index is 11.4. The number of aromatic amines is 1. The quantitative estimate of drug-likeness (QED) is 0.647. The van der Waals surface area contributed by atoms with Crippen LogP contribution >= 0.6 is 0 Å².